The van der Waals surface area contributed by atoms with Crippen molar-refractivity contribution in [3.8, 4) is 5.75 Å². The molecule has 0 aromatic heterocycles. The largest absolute Gasteiger partial charge is 0.493 e. The molecule has 2 aromatic rings. The fourth-order valence-electron chi connectivity index (χ4n) is 2.01. The third kappa shape index (κ3) is 4.96. The van der Waals surface area contributed by atoms with E-state index in [0.717, 1.165) is 24.4 Å². The molecule has 0 bridgehead atoms. The number of rotatable bonds is 8. The molecule has 2 heteroatoms. The number of ether oxygens (including phenoxy) is 1. The minimum absolute atomic E-state index is 0.715. The summed E-state index contributed by atoms with van der Waals surface area (Å²) in [5.41, 5.74) is 2.47. The average molecular weight is 269 g/mol. The lowest BCUT2D eigenvalue weighted by atomic mass is 10.2. The highest BCUT2D eigenvalue weighted by Crippen LogP contribution is 2.16. The average Bonchev–Trinajstić information content (AvgIpc) is 2.50. The van der Waals surface area contributed by atoms with E-state index in [1.807, 2.05) is 18.2 Å². The molecule has 0 aliphatic rings. The van der Waals surface area contributed by atoms with E-state index in [1.54, 1.807) is 0 Å². The van der Waals surface area contributed by atoms with Crippen molar-refractivity contribution in [2.45, 2.75) is 26.2 Å². The monoisotopic (exact) mass is 269 g/mol. The molecule has 0 atom stereocenters. The first-order valence-corrected chi connectivity index (χ1v) is 7.39. The van der Waals surface area contributed by atoms with E-state index >= 15 is 0 Å². The SMILES string of the molecule is CCCCNc1ccc(OCCc2ccccc2)cc1. The summed E-state index contributed by atoms with van der Waals surface area (Å²) in [5, 5.41) is 3.40. The number of hydrogen-bond donors (Lipinski definition) is 1. The molecule has 2 rings (SSSR count). The topological polar surface area (TPSA) is 21.3 Å². The van der Waals surface area contributed by atoms with Gasteiger partial charge in [-0.25, -0.2) is 0 Å². The van der Waals surface area contributed by atoms with Gasteiger partial charge in [-0.3, -0.25) is 0 Å². The van der Waals surface area contributed by atoms with Gasteiger partial charge in [0.2, 0.25) is 0 Å². The van der Waals surface area contributed by atoms with Crippen LogP contribution in [0.15, 0.2) is 54.6 Å². The number of benzene rings is 2. The minimum atomic E-state index is 0.715. The van der Waals surface area contributed by atoms with Crippen molar-refractivity contribution < 1.29 is 4.74 Å². The quantitative estimate of drug-likeness (QED) is 0.711. The van der Waals surface area contributed by atoms with Crippen LogP contribution in [0.5, 0.6) is 5.75 Å². The molecule has 0 spiro atoms. The van der Waals surface area contributed by atoms with Gasteiger partial charge >= 0.3 is 0 Å². The highest BCUT2D eigenvalue weighted by Gasteiger charge is 1.96. The summed E-state index contributed by atoms with van der Waals surface area (Å²) >= 11 is 0. The lowest BCUT2D eigenvalue weighted by Gasteiger charge is -2.08. The van der Waals surface area contributed by atoms with Crippen LogP contribution < -0.4 is 10.1 Å². The van der Waals surface area contributed by atoms with Crippen molar-refractivity contribution in [3.63, 3.8) is 0 Å². The molecule has 2 aromatic carbocycles. The molecule has 0 saturated carbocycles. The molecule has 0 heterocycles. The molecule has 20 heavy (non-hydrogen) atoms. The van der Waals surface area contributed by atoms with E-state index in [1.165, 1.54) is 18.4 Å². The molecule has 0 radical (unpaired) electrons. The van der Waals surface area contributed by atoms with Gasteiger partial charge in [0.05, 0.1) is 6.61 Å². The van der Waals surface area contributed by atoms with Crippen LogP contribution in [0.25, 0.3) is 0 Å². The van der Waals surface area contributed by atoms with Gasteiger partial charge in [-0.1, -0.05) is 43.7 Å². The zero-order chi connectivity index (χ0) is 14.0. The Kier molecular flexibility index (Phi) is 5.97. The van der Waals surface area contributed by atoms with E-state index in [4.69, 9.17) is 4.74 Å². The Morgan fingerprint density at radius 3 is 2.40 bits per heavy atom. The summed E-state index contributed by atoms with van der Waals surface area (Å²) in [4.78, 5) is 0. The number of unbranched alkanes of at least 4 members (excludes halogenated alkanes) is 1. The summed E-state index contributed by atoms with van der Waals surface area (Å²) in [5.74, 6) is 0.932. The molecular weight excluding hydrogens is 246 g/mol. The highest BCUT2D eigenvalue weighted by atomic mass is 16.5. The predicted molar refractivity (Wildman–Crippen MR) is 85.5 cm³/mol. The van der Waals surface area contributed by atoms with Gasteiger partial charge in [0.1, 0.15) is 5.75 Å². The first-order chi connectivity index (χ1) is 9.88. The Bertz CT molecular complexity index is 479. The maximum Gasteiger partial charge on any atom is 0.119 e. The van der Waals surface area contributed by atoms with Crippen molar-refractivity contribution in [1.29, 1.82) is 0 Å². The molecule has 0 aliphatic heterocycles. The van der Waals surface area contributed by atoms with E-state index in [9.17, 15) is 0 Å². The van der Waals surface area contributed by atoms with Crippen LogP contribution in [0.3, 0.4) is 0 Å². The van der Waals surface area contributed by atoms with Crippen LogP contribution in [0.4, 0.5) is 5.69 Å². The van der Waals surface area contributed by atoms with E-state index < -0.39 is 0 Å². The van der Waals surface area contributed by atoms with Crippen LogP contribution in [0.1, 0.15) is 25.3 Å². The summed E-state index contributed by atoms with van der Waals surface area (Å²) < 4.78 is 5.76. The molecule has 0 amide bonds. The smallest absolute Gasteiger partial charge is 0.119 e. The van der Waals surface area contributed by atoms with Crippen molar-refractivity contribution >= 4 is 5.69 Å². The number of nitrogens with one attached hydrogen (secondary N) is 1. The van der Waals surface area contributed by atoms with Gasteiger partial charge in [0.25, 0.3) is 0 Å². The molecule has 2 nitrogen and oxygen atoms in total. The van der Waals surface area contributed by atoms with E-state index in [-0.39, 0.29) is 0 Å². The Hall–Kier alpha value is -1.96. The Morgan fingerprint density at radius 2 is 1.70 bits per heavy atom. The Morgan fingerprint density at radius 1 is 0.950 bits per heavy atom. The normalized spacial score (nSPS) is 10.2. The van der Waals surface area contributed by atoms with Gasteiger partial charge in [-0.2, -0.15) is 0 Å². The molecule has 0 fully saturated rings. The molecule has 0 aliphatic carbocycles. The van der Waals surface area contributed by atoms with Gasteiger partial charge in [-0.15, -0.1) is 0 Å². The van der Waals surface area contributed by atoms with Gasteiger partial charge in [-0.05, 0) is 36.2 Å². The molecule has 0 unspecified atom stereocenters. The maximum absolute atomic E-state index is 5.76. The van der Waals surface area contributed by atoms with Crippen molar-refractivity contribution in [2.24, 2.45) is 0 Å². The maximum atomic E-state index is 5.76. The lowest BCUT2D eigenvalue weighted by Crippen LogP contribution is -2.02. The zero-order valence-corrected chi connectivity index (χ0v) is 12.1. The van der Waals surface area contributed by atoms with E-state index in [2.05, 4.69) is 48.6 Å². The Labute approximate surface area is 121 Å². The summed E-state index contributed by atoms with van der Waals surface area (Å²) in [7, 11) is 0. The molecule has 0 saturated heterocycles. The Balaban J connectivity index is 1.73. The van der Waals surface area contributed by atoms with Crippen molar-refractivity contribution in [3.05, 3.63) is 60.2 Å². The first kappa shape index (κ1) is 14.4. The van der Waals surface area contributed by atoms with Crippen molar-refractivity contribution in [2.75, 3.05) is 18.5 Å². The molecule has 1 N–H and O–H groups in total. The van der Waals surface area contributed by atoms with Gasteiger partial charge in [0, 0.05) is 18.7 Å². The fraction of sp³-hybridized carbons (Fsp3) is 0.333. The predicted octanol–water partition coefficient (Wildman–Crippen LogP) is 4.52. The first-order valence-electron chi connectivity index (χ1n) is 7.39. The zero-order valence-electron chi connectivity index (χ0n) is 12.1. The second kappa shape index (κ2) is 8.26. The summed E-state index contributed by atoms with van der Waals surface area (Å²) in [6.07, 6.45) is 3.36. The lowest BCUT2D eigenvalue weighted by molar-refractivity contribution is 0.322. The molecular formula is C18H23NO. The van der Waals surface area contributed by atoms with E-state index in [0.29, 0.717) is 6.61 Å². The van der Waals surface area contributed by atoms with Gasteiger partial charge in [0.15, 0.2) is 0 Å². The van der Waals surface area contributed by atoms with Crippen LogP contribution in [0, 0.1) is 0 Å². The minimum Gasteiger partial charge on any atom is -0.493 e. The highest BCUT2D eigenvalue weighted by molar-refractivity contribution is 5.46. The van der Waals surface area contributed by atoms with Crippen LogP contribution >= 0.6 is 0 Å². The third-order valence-corrected chi connectivity index (χ3v) is 3.22. The molecule has 106 valence electrons. The fourth-order valence-corrected chi connectivity index (χ4v) is 2.01. The summed E-state index contributed by atoms with van der Waals surface area (Å²) in [6, 6.07) is 18.6. The summed E-state index contributed by atoms with van der Waals surface area (Å²) in [6.45, 7) is 3.95. The van der Waals surface area contributed by atoms with Crippen LogP contribution in [-0.4, -0.2) is 13.2 Å². The third-order valence-electron chi connectivity index (χ3n) is 3.22. The van der Waals surface area contributed by atoms with Crippen LogP contribution in [0.2, 0.25) is 0 Å². The number of anilines is 1. The second-order valence-corrected chi connectivity index (χ2v) is 4.89. The van der Waals surface area contributed by atoms with Gasteiger partial charge < -0.3 is 10.1 Å². The number of hydrogen-bond acceptors (Lipinski definition) is 2. The second-order valence-electron chi connectivity index (χ2n) is 4.89. The standard InChI is InChI=1S/C18H23NO/c1-2-3-14-19-17-9-11-18(12-10-17)20-15-13-16-7-5-4-6-8-16/h4-12,19H,2-3,13-15H2,1H3. The van der Waals surface area contributed by atoms with Crippen LogP contribution in [-0.2, 0) is 6.42 Å². The van der Waals surface area contributed by atoms with Crippen molar-refractivity contribution in [1.82, 2.24) is 0 Å².